The second-order valence-corrected chi connectivity index (χ2v) is 4.38. The molecular weight excluding hydrogens is 220 g/mol. The van der Waals surface area contributed by atoms with Gasteiger partial charge in [-0.3, -0.25) is 0 Å². The summed E-state index contributed by atoms with van der Waals surface area (Å²) in [5.41, 5.74) is 0.656. The molecule has 1 aliphatic heterocycles. The Morgan fingerprint density at radius 1 is 1.24 bits per heavy atom. The summed E-state index contributed by atoms with van der Waals surface area (Å²) >= 11 is 0. The predicted molar refractivity (Wildman–Crippen MR) is 60.8 cm³/mol. The van der Waals surface area contributed by atoms with Gasteiger partial charge in [0.25, 0.3) is 0 Å². The molecule has 0 N–H and O–H groups in total. The second-order valence-electron chi connectivity index (χ2n) is 4.38. The van der Waals surface area contributed by atoms with Crippen LogP contribution in [0.1, 0.15) is 13.8 Å². The number of rotatable bonds is 1. The smallest absolute Gasteiger partial charge is 0.200 e. The van der Waals surface area contributed by atoms with Crippen LogP contribution in [0.2, 0.25) is 0 Å². The quantitative estimate of drug-likeness (QED) is 0.698. The third kappa shape index (κ3) is 1.93. The Hall–Kier alpha value is -1.76. The van der Waals surface area contributed by atoms with E-state index in [4.69, 9.17) is 4.74 Å². The van der Waals surface area contributed by atoms with E-state index in [9.17, 15) is 0 Å². The first-order valence-corrected chi connectivity index (χ1v) is 5.68. The van der Waals surface area contributed by atoms with Crippen molar-refractivity contribution in [3.8, 4) is 0 Å². The maximum absolute atomic E-state index is 5.69. The van der Waals surface area contributed by atoms with Crippen molar-refractivity contribution in [1.82, 2.24) is 25.3 Å². The van der Waals surface area contributed by atoms with Gasteiger partial charge < -0.3 is 9.64 Å². The van der Waals surface area contributed by atoms with Crippen molar-refractivity contribution < 1.29 is 4.74 Å². The fourth-order valence-electron chi connectivity index (χ4n) is 2.17. The molecule has 0 spiro atoms. The van der Waals surface area contributed by atoms with Crippen LogP contribution < -0.4 is 4.90 Å². The van der Waals surface area contributed by atoms with Crippen molar-refractivity contribution in [1.29, 1.82) is 0 Å². The topological polar surface area (TPSA) is 68.4 Å². The van der Waals surface area contributed by atoms with Crippen molar-refractivity contribution >= 4 is 11.5 Å². The average Bonchev–Trinajstić information content (AvgIpc) is 2.74. The highest BCUT2D eigenvalue weighted by Gasteiger charge is 2.23. The average molecular weight is 234 g/mol. The number of anilines is 1. The van der Waals surface area contributed by atoms with Crippen molar-refractivity contribution in [2.45, 2.75) is 26.1 Å². The Labute approximate surface area is 98.4 Å². The summed E-state index contributed by atoms with van der Waals surface area (Å²) in [6.07, 6.45) is 0.426. The normalized spacial score (nSPS) is 25.4. The SMILES string of the molecule is C[C@H]1CN(c2ccc3nnnn3n2)C[C@H](C)O1. The van der Waals surface area contributed by atoms with E-state index >= 15 is 0 Å². The number of nitrogens with zero attached hydrogens (tertiary/aromatic N) is 6. The molecule has 90 valence electrons. The van der Waals surface area contributed by atoms with E-state index in [0.717, 1.165) is 18.9 Å². The molecule has 3 heterocycles. The fourth-order valence-corrected chi connectivity index (χ4v) is 2.17. The lowest BCUT2D eigenvalue weighted by Crippen LogP contribution is -2.46. The van der Waals surface area contributed by atoms with E-state index in [2.05, 4.69) is 39.4 Å². The summed E-state index contributed by atoms with van der Waals surface area (Å²) in [5, 5.41) is 15.6. The second kappa shape index (κ2) is 3.92. The van der Waals surface area contributed by atoms with Crippen LogP contribution in [-0.4, -0.2) is 50.6 Å². The lowest BCUT2D eigenvalue weighted by atomic mass is 10.2. The number of fused-ring (bicyclic) bond motifs is 1. The van der Waals surface area contributed by atoms with Gasteiger partial charge in [0.05, 0.1) is 12.2 Å². The van der Waals surface area contributed by atoms with E-state index in [1.165, 1.54) is 4.63 Å². The molecule has 3 rings (SSSR count). The van der Waals surface area contributed by atoms with E-state index in [1.54, 1.807) is 0 Å². The molecule has 0 aromatic carbocycles. The Kier molecular flexibility index (Phi) is 2.40. The number of hydrogen-bond acceptors (Lipinski definition) is 6. The minimum absolute atomic E-state index is 0.213. The van der Waals surface area contributed by atoms with E-state index in [1.807, 2.05) is 12.1 Å². The van der Waals surface area contributed by atoms with Gasteiger partial charge in [-0.15, -0.1) is 14.8 Å². The molecule has 0 amide bonds. The van der Waals surface area contributed by atoms with Gasteiger partial charge in [-0.2, -0.15) is 0 Å². The largest absolute Gasteiger partial charge is 0.372 e. The molecule has 1 saturated heterocycles. The fraction of sp³-hybridized carbons (Fsp3) is 0.600. The van der Waals surface area contributed by atoms with Crippen molar-refractivity contribution in [2.24, 2.45) is 0 Å². The van der Waals surface area contributed by atoms with Gasteiger partial charge in [0.2, 0.25) is 0 Å². The van der Waals surface area contributed by atoms with Crippen LogP contribution in [0.5, 0.6) is 0 Å². The van der Waals surface area contributed by atoms with Crippen molar-refractivity contribution in [2.75, 3.05) is 18.0 Å². The summed E-state index contributed by atoms with van der Waals surface area (Å²) in [6, 6.07) is 3.81. The van der Waals surface area contributed by atoms with E-state index in [-0.39, 0.29) is 12.2 Å². The number of aromatic nitrogens is 5. The van der Waals surface area contributed by atoms with Crippen LogP contribution in [0.15, 0.2) is 12.1 Å². The molecule has 1 aliphatic rings. The van der Waals surface area contributed by atoms with Crippen LogP contribution in [-0.2, 0) is 4.74 Å². The Morgan fingerprint density at radius 2 is 2.00 bits per heavy atom. The zero-order valence-corrected chi connectivity index (χ0v) is 9.82. The molecule has 0 aliphatic carbocycles. The van der Waals surface area contributed by atoms with Crippen LogP contribution in [0, 0.1) is 0 Å². The number of morpholine rings is 1. The molecule has 7 nitrogen and oxygen atoms in total. The highest BCUT2D eigenvalue weighted by Crippen LogP contribution is 2.17. The van der Waals surface area contributed by atoms with Gasteiger partial charge in [-0.1, -0.05) is 0 Å². The maximum atomic E-state index is 5.69. The lowest BCUT2D eigenvalue weighted by Gasteiger charge is -2.35. The lowest BCUT2D eigenvalue weighted by molar-refractivity contribution is -0.00552. The number of ether oxygens (including phenoxy) is 1. The highest BCUT2D eigenvalue weighted by molar-refractivity contribution is 5.44. The monoisotopic (exact) mass is 234 g/mol. The molecule has 2 aromatic rings. The maximum Gasteiger partial charge on any atom is 0.200 e. The van der Waals surface area contributed by atoms with Gasteiger partial charge in [-0.25, -0.2) is 0 Å². The minimum Gasteiger partial charge on any atom is -0.372 e. The predicted octanol–water partition coefficient (Wildman–Crippen LogP) is 0.133. The molecule has 1 fully saturated rings. The zero-order valence-electron chi connectivity index (χ0n) is 9.82. The summed E-state index contributed by atoms with van der Waals surface area (Å²) in [4.78, 5) is 2.19. The molecule has 7 heteroatoms. The molecule has 2 aromatic heterocycles. The first-order valence-electron chi connectivity index (χ1n) is 5.68. The third-order valence-corrected chi connectivity index (χ3v) is 2.80. The first-order chi connectivity index (χ1) is 8.22. The highest BCUT2D eigenvalue weighted by atomic mass is 16.5. The molecule has 0 radical (unpaired) electrons. The summed E-state index contributed by atoms with van der Waals surface area (Å²) in [7, 11) is 0. The molecule has 2 atom stereocenters. The first kappa shape index (κ1) is 10.4. The summed E-state index contributed by atoms with van der Waals surface area (Å²) in [5.74, 6) is 0.881. The molecule has 0 unspecified atom stereocenters. The molecule has 17 heavy (non-hydrogen) atoms. The molecule has 0 saturated carbocycles. The Morgan fingerprint density at radius 3 is 2.76 bits per heavy atom. The zero-order chi connectivity index (χ0) is 11.8. The van der Waals surface area contributed by atoms with Gasteiger partial charge in [-0.05, 0) is 36.4 Å². The van der Waals surface area contributed by atoms with Gasteiger partial charge in [0, 0.05) is 13.1 Å². The molecular formula is C10H14N6O. The van der Waals surface area contributed by atoms with Crippen LogP contribution in [0.25, 0.3) is 5.65 Å². The number of hydrogen-bond donors (Lipinski definition) is 0. The standard InChI is InChI=1S/C10H14N6O/c1-7-5-15(6-8(2)17-7)10-4-3-9-11-13-14-16(9)12-10/h3-4,7-8H,5-6H2,1-2H3/t7-,8-/m0/s1. The number of tetrazole rings is 1. The molecule has 0 bridgehead atoms. The van der Waals surface area contributed by atoms with E-state index in [0.29, 0.717) is 5.65 Å². The summed E-state index contributed by atoms with van der Waals surface area (Å²) in [6.45, 7) is 5.81. The van der Waals surface area contributed by atoms with Crippen molar-refractivity contribution in [3.63, 3.8) is 0 Å². The third-order valence-electron chi connectivity index (χ3n) is 2.80. The van der Waals surface area contributed by atoms with Crippen molar-refractivity contribution in [3.05, 3.63) is 12.1 Å². The van der Waals surface area contributed by atoms with Crippen LogP contribution >= 0.6 is 0 Å². The Bertz CT molecular complexity index is 516. The van der Waals surface area contributed by atoms with E-state index < -0.39 is 0 Å². The Balaban J connectivity index is 1.91. The van der Waals surface area contributed by atoms with Gasteiger partial charge in [0.1, 0.15) is 0 Å². The minimum atomic E-state index is 0.213. The van der Waals surface area contributed by atoms with Crippen LogP contribution in [0.4, 0.5) is 5.82 Å². The van der Waals surface area contributed by atoms with Gasteiger partial charge >= 0.3 is 0 Å². The van der Waals surface area contributed by atoms with Crippen LogP contribution in [0.3, 0.4) is 0 Å². The summed E-state index contributed by atoms with van der Waals surface area (Å²) < 4.78 is 7.14. The van der Waals surface area contributed by atoms with Gasteiger partial charge in [0.15, 0.2) is 11.5 Å².